The van der Waals surface area contributed by atoms with E-state index in [2.05, 4.69) is 11.8 Å². The summed E-state index contributed by atoms with van der Waals surface area (Å²) in [5.74, 6) is 0.539. The minimum atomic E-state index is 0.253. The Morgan fingerprint density at radius 1 is 1.35 bits per heavy atom. The average Bonchev–Trinajstić information content (AvgIpc) is 2.30. The van der Waals surface area contributed by atoms with Gasteiger partial charge in [0.1, 0.15) is 0 Å². The summed E-state index contributed by atoms with van der Waals surface area (Å²) >= 11 is 4.97. The smallest absolute Gasteiger partial charge is 0.222 e. The number of rotatable bonds is 5. The van der Waals surface area contributed by atoms with Gasteiger partial charge in [0.05, 0.1) is 4.99 Å². The van der Waals surface area contributed by atoms with Crippen molar-refractivity contribution in [2.24, 2.45) is 11.7 Å². The van der Waals surface area contributed by atoms with E-state index in [9.17, 15) is 4.79 Å². The van der Waals surface area contributed by atoms with Gasteiger partial charge in [0, 0.05) is 45.1 Å². The number of piperazine rings is 1. The van der Waals surface area contributed by atoms with Crippen molar-refractivity contribution >= 4 is 23.1 Å². The van der Waals surface area contributed by atoms with Crippen molar-refractivity contribution in [3.8, 4) is 0 Å². The summed E-state index contributed by atoms with van der Waals surface area (Å²) in [5.41, 5.74) is 5.61. The molecule has 0 radical (unpaired) electrons. The predicted octanol–water partition coefficient (Wildman–Crippen LogP) is 0.853. The molecule has 0 aromatic heterocycles. The molecule has 0 aromatic carbocycles. The maximum Gasteiger partial charge on any atom is 0.222 e. The number of hydrogen-bond donors (Lipinski definition) is 1. The Kier molecular flexibility index (Phi) is 5.85. The zero-order valence-corrected chi connectivity index (χ0v) is 11.6. The molecule has 1 amide bonds. The predicted molar refractivity (Wildman–Crippen MR) is 73.9 cm³/mol. The second kappa shape index (κ2) is 6.91. The SMILES string of the molecule is CCCC(=O)N1CCN(CC(C)C(N)=S)CC1. The van der Waals surface area contributed by atoms with Gasteiger partial charge < -0.3 is 10.6 Å². The van der Waals surface area contributed by atoms with E-state index >= 15 is 0 Å². The van der Waals surface area contributed by atoms with Gasteiger partial charge in [-0.1, -0.05) is 26.1 Å². The van der Waals surface area contributed by atoms with Crippen molar-refractivity contribution in [2.45, 2.75) is 26.7 Å². The van der Waals surface area contributed by atoms with Gasteiger partial charge in [0.15, 0.2) is 0 Å². The Morgan fingerprint density at radius 3 is 2.41 bits per heavy atom. The normalized spacial score (nSPS) is 19.1. The highest BCUT2D eigenvalue weighted by Gasteiger charge is 2.21. The lowest BCUT2D eigenvalue weighted by Gasteiger charge is -2.35. The van der Waals surface area contributed by atoms with Crippen LogP contribution in [0.15, 0.2) is 0 Å². The third-order valence-electron chi connectivity index (χ3n) is 3.21. The Bertz CT molecular complexity index is 275. The van der Waals surface area contributed by atoms with Gasteiger partial charge >= 0.3 is 0 Å². The molecule has 1 unspecified atom stereocenters. The largest absolute Gasteiger partial charge is 0.393 e. The third-order valence-corrected chi connectivity index (χ3v) is 3.61. The molecule has 0 aromatic rings. The van der Waals surface area contributed by atoms with Crippen molar-refractivity contribution in [3.63, 3.8) is 0 Å². The molecule has 0 saturated carbocycles. The Labute approximate surface area is 109 Å². The Balaban J connectivity index is 2.30. The van der Waals surface area contributed by atoms with Crippen LogP contribution in [-0.2, 0) is 4.79 Å². The van der Waals surface area contributed by atoms with Crippen molar-refractivity contribution in [2.75, 3.05) is 32.7 Å². The van der Waals surface area contributed by atoms with E-state index in [1.54, 1.807) is 0 Å². The molecule has 0 bridgehead atoms. The van der Waals surface area contributed by atoms with Crippen LogP contribution < -0.4 is 5.73 Å². The van der Waals surface area contributed by atoms with Crippen molar-refractivity contribution in [1.29, 1.82) is 0 Å². The third kappa shape index (κ3) is 4.60. The fraction of sp³-hybridized carbons (Fsp3) is 0.833. The van der Waals surface area contributed by atoms with Crippen LogP contribution in [0.4, 0.5) is 0 Å². The lowest BCUT2D eigenvalue weighted by molar-refractivity contribution is -0.133. The number of nitrogens with two attached hydrogens (primary N) is 1. The van der Waals surface area contributed by atoms with Crippen molar-refractivity contribution in [3.05, 3.63) is 0 Å². The fourth-order valence-corrected chi connectivity index (χ4v) is 2.10. The van der Waals surface area contributed by atoms with Gasteiger partial charge in [-0.2, -0.15) is 0 Å². The summed E-state index contributed by atoms with van der Waals surface area (Å²) < 4.78 is 0. The van der Waals surface area contributed by atoms with Crippen LogP contribution in [0, 0.1) is 5.92 Å². The maximum absolute atomic E-state index is 11.7. The Hall–Kier alpha value is -0.680. The van der Waals surface area contributed by atoms with Crippen LogP contribution in [0.1, 0.15) is 26.7 Å². The molecule has 0 aliphatic carbocycles. The average molecular weight is 257 g/mol. The monoisotopic (exact) mass is 257 g/mol. The first-order valence-electron chi connectivity index (χ1n) is 6.34. The van der Waals surface area contributed by atoms with Gasteiger partial charge in [-0.15, -0.1) is 0 Å². The van der Waals surface area contributed by atoms with E-state index in [1.165, 1.54) is 0 Å². The molecule has 5 heteroatoms. The van der Waals surface area contributed by atoms with Crippen LogP contribution in [-0.4, -0.2) is 53.4 Å². The number of carbonyl (C=O) groups excluding carboxylic acids is 1. The molecule has 0 spiro atoms. The van der Waals surface area contributed by atoms with Crippen LogP contribution in [0.3, 0.4) is 0 Å². The standard InChI is InChI=1S/C12H23N3OS/c1-3-4-11(16)15-7-5-14(6-8-15)9-10(2)12(13)17/h10H,3-9H2,1-2H3,(H2,13,17). The molecule has 1 saturated heterocycles. The van der Waals surface area contributed by atoms with Crippen molar-refractivity contribution in [1.82, 2.24) is 9.80 Å². The first-order valence-corrected chi connectivity index (χ1v) is 6.74. The van der Waals surface area contributed by atoms with Gasteiger partial charge in [-0.05, 0) is 6.42 Å². The van der Waals surface area contributed by atoms with Gasteiger partial charge in [0.25, 0.3) is 0 Å². The van der Waals surface area contributed by atoms with Crippen LogP contribution in [0.25, 0.3) is 0 Å². The number of carbonyl (C=O) groups is 1. The minimum absolute atomic E-state index is 0.253. The van der Waals surface area contributed by atoms with E-state index in [1.807, 2.05) is 11.8 Å². The molecule has 1 aliphatic rings. The second-order valence-electron chi connectivity index (χ2n) is 4.73. The molecule has 2 N–H and O–H groups in total. The van der Waals surface area contributed by atoms with Crippen molar-refractivity contribution < 1.29 is 4.79 Å². The molecule has 98 valence electrons. The summed E-state index contributed by atoms with van der Waals surface area (Å²) in [6, 6.07) is 0. The topological polar surface area (TPSA) is 49.6 Å². The highest BCUT2D eigenvalue weighted by atomic mass is 32.1. The molecule has 1 atom stereocenters. The molecule has 4 nitrogen and oxygen atoms in total. The van der Waals surface area contributed by atoms with E-state index < -0.39 is 0 Å². The summed E-state index contributed by atoms with van der Waals surface area (Å²) in [5, 5.41) is 0. The van der Waals surface area contributed by atoms with E-state index in [0.29, 0.717) is 11.4 Å². The molecule has 1 rings (SSSR count). The highest BCUT2D eigenvalue weighted by Crippen LogP contribution is 2.07. The molecular weight excluding hydrogens is 234 g/mol. The lowest BCUT2D eigenvalue weighted by atomic mass is 10.1. The summed E-state index contributed by atoms with van der Waals surface area (Å²) in [4.78, 5) is 16.6. The first-order chi connectivity index (χ1) is 8.04. The molecule has 17 heavy (non-hydrogen) atoms. The molecular formula is C12H23N3OS. The maximum atomic E-state index is 11.7. The van der Waals surface area contributed by atoms with E-state index in [4.69, 9.17) is 18.0 Å². The van der Waals surface area contributed by atoms with Gasteiger partial charge in [-0.3, -0.25) is 9.69 Å². The second-order valence-corrected chi connectivity index (χ2v) is 5.21. The van der Waals surface area contributed by atoms with E-state index in [0.717, 1.165) is 39.1 Å². The molecule has 1 fully saturated rings. The lowest BCUT2D eigenvalue weighted by Crippen LogP contribution is -2.50. The number of thiocarbonyl (C=S) groups is 1. The van der Waals surface area contributed by atoms with Crippen LogP contribution in [0.2, 0.25) is 0 Å². The zero-order valence-electron chi connectivity index (χ0n) is 10.8. The summed E-state index contributed by atoms with van der Waals surface area (Å²) in [7, 11) is 0. The fourth-order valence-electron chi connectivity index (χ4n) is 2.03. The van der Waals surface area contributed by atoms with E-state index in [-0.39, 0.29) is 11.8 Å². The van der Waals surface area contributed by atoms with Gasteiger partial charge in [0.2, 0.25) is 5.91 Å². The minimum Gasteiger partial charge on any atom is -0.393 e. The van der Waals surface area contributed by atoms with Gasteiger partial charge in [-0.25, -0.2) is 0 Å². The Morgan fingerprint density at radius 2 is 1.94 bits per heavy atom. The number of hydrogen-bond acceptors (Lipinski definition) is 3. The summed E-state index contributed by atoms with van der Waals surface area (Å²) in [6.07, 6.45) is 1.60. The van der Waals surface area contributed by atoms with Crippen LogP contribution in [0.5, 0.6) is 0 Å². The first kappa shape index (κ1) is 14.4. The number of nitrogens with zero attached hydrogens (tertiary/aromatic N) is 2. The van der Waals surface area contributed by atoms with Crippen LogP contribution >= 0.6 is 12.2 Å². The zero-order chi connectivity index (χ0) is 12.8. The summed E-state index contributed by atoms with van der Waals surface area (Å²) in [6.45, 7) is 8.54. The quantitative estimate of drug-likeness (QED) is 0.742. The molecule has 1 aliphatic heterocycles. The number of amides is 1. The molecule has 1 heterocycles. The highest BCUT2D eigenvalue weighted by molar-refractivity contribution is 7.80.